The van der Waals surface area contributed by atoms with Crippen molar-refractivity contribution in [3.05, 3.63) is 0 Å². The first-order valence-electron chi connectivity index (χ1n) is 3.19. The Morgan fingerprint density at radius 2 is 2.45 bits per heavy atom. The van der Waals surface area contributed by atoms with Gasteiger partial charge < -0.3 is 10.4 Å². The molecule has 2 N–H and O–H groups in total. The number of nitrogens with one attached hydrogen (secondary N) is 1. The Bertz CT molecular complexity index is 164. The Kier molecular flexibility index (Phi) is 6.03. The number of hydrogen-bond donors (Lipinski definition) is 2. The number of rotatable bonds is 4. The van der Waals surface area contributed by atoms with Gasteiger partial charge in [0.15, 0.2) is 0 Å². The van der Waals surface area contributed by atoms with Gasteiger partial charge in [-0.25, -0.2) is 4.79 Å². The third-order valence-electron chi connectivity index (χ3n) is 1.15. The van der Waals surface area contributed by atoms with Crippen molar-refractivity contribution in [2.45, 2.75) is 18.9 Å². The van der Waals surface area contributed by atoms with E-state index in [2.05, 4.69) is 33.8 Å². The summed E-state index contributed by atoms with van der Waals surface area (Å²) in [7, 11) is 0. The molecule has 0 radical (unpaired) electrons. The van der Waals surface area contributed by atoms with Gasteiger partial charge in [0, 0.05) is 16.9 Å². The van der Waals surface area contributed by atoms with E-state index in [-0.39, 0.29) is 6.04 Å². The average Bonchev–Trinajstić information content (AvgIpc) is 1.87. The molecule has 1 atom stereocenters. The van der Waals surface area contributed by atoms with Crippen LogP contribution in [0, 0.1) is 12.3 Å². The van der Waals surface area contributed by atoms with Gasteiger partial charge in [-0.1, -0.05) is 22.6 Å². The van der Waals surface area contributed by atoms with E-state index >= 15 is 0 Å². The molecule has 4 heteroatoms. The Balaban J connectivity index is 3.70. The van der Waals surface area contributed by atoms with Crippen LogP contribution in [0.25, 0.3) is 0 Å². The van der Waals surface area contributed by atoms with Crippen molar-refractivity contribution in [2.24, 2.45) is 0 Å². The molecular weight excluding hydrogens is 257 g/mol. The molecular formula is C7H10INO2. The van der Waals surface area contributed by atoms with Crippen LogP contribution >= 0.6 is 22.6 Å². The lowest BCUT2D eigenvalue weighted by Gasteiger charge is -2.11. The lowest BCUT2D eigenvalue weighted by Crippen LogP contribution is -2.33. The summed E-state index contributed by atoms with van der Waals surface area (Å²) in [6.45, 7) is 0. The van der Waals surface area contributed by atoms with Crippen molar-refractivity contribution < 1.29 is 9.90 Å². The van der Waals surface area contributed by atoms with E-state index in [0.29, 0.717) is 6.42 Å². The molecule has 11 heavy (non-hydrogen) atoms. The van der Waals surface area contributed by atoms with Gasteiger partial charge in [0.25, 0.3) is 0 Å². The fraction of sp³-hybridized carbons (Fsp3) is 0.571. The van der Waals surface area contributed by atoms with E-state index in [9.17, 15) is 4.79 Å². The first kappa shape index (κ1) is 10.6. The van der Waals surface area contributed by atoms with Gasteiger partial charge in [-0.3, -0.25) is 0 Å². The van der Waals surface area contributed by atoms with Crippen LogP contribution in [0.4, 0.5) is 4.79 Å². The SMILES string of the molecule is C#CCC(CCI)NC(=O)O. The molecule has 0 rings (SSSR count). The van der Waals surface area contributed by atoms with Crippen LogP contribution in [-0.2, 0) is 0 Å². The predicted octanol–water partition coefficient (Wildman–Crippen LogP) is 1.47. The van der Waals surface area contributed by atoms with Crippen molar-refractivity contribution >= 4 is 28.7 Å². The third kappa shape index (κ3) is 5.98. The van der Waals surface area contributed by atoms with Gasteiger partial charge in [0.2, 0.25) is 0 Å². The zero-order chi connectivity index (χ0) is 8.69. The molecule has 0 aliphatic carbocycles. The van der Waals surface area contributed by atoms with Crippen molar-refractivity contribution in [2.75, 3.05) is 4.43 Å². The summed E-state index contributed by atoms with van der Waals surface area (Å²) in [4.78, 5) is 10.2. The zero-order valence-electron chi connectivity index (χ0n) is 6.01. The van der Waals surface area contributed by atoms with Crippen LogP contribution < -0.4 is 5.32 Å². The minimum atomic E-state index is -1.00. The molecule has 1 unspecified atom stereocenters. The normalized spacial score (nSPS) is 11.6. The molecule has 0 aromatic heterocycles. The van der Waals surface area contributed by atoms with Crippen molar-refractivity contribution in [3.8, 4) is 12.3 Å². The van der Waals surface area contributed by atoms with Gasteiger partial charge in [-0.2, -0.15) is 0 Å². The number of amides is 1. The first-order valence-corrected chi connectivity index (χ1v) is 4.72. The van der Waals surface area contributed by atoms with E-state index in [4.69, 9.17) is 11.5 Å². The maximum atomic E-state index is 10.2. The quantitative estimate of drug-likeness (QED) is 0.460. The molecule has 0 aromatic rings. The van der Waals surface area contributed by atoms with E-state index in [1.165, 1.54) is 0 Å². The van der Waals surface area contributed by atoms with E-state index < -0.39 is 6.09 Å². The lowest BCUT2D eigenvalue weighted by atomic mass is 10.2. The van der Waals surface area contributed by atoms with Gasteiger partial charge >= 0.3 is 6.09 Å². The minimum Gasteiger partial charge on any atom is -0.465 e. The van der Waals surface area contributed by atoms with Crippen LogP contribution in [0.15, 0.2) is 0 Å². The average molecular weight is 267 g/mol. The van der Waals surface area contributed by atoms with Crippen molar-refractivity contribution in [1.82, 2.24) is 5.32 Å². The molecule has 0 aliphatic rings. The highest BCUT2D eigenvalue weighted by Gasteiger charge is 2.07. The summed E-state index contributed by atoms with van der Waals surface area (Å²) in [5.41, 5.74) is 0. The molecule has 1 amide bonds. The highest BCUT2D eigenvalue weighted by atomic mass is 127. The van der Waals surface area contributed by atoms with E-state index in [1.54, 1.807) is 0 Å². The highest BCUT2D eigenvalue weighted by molar-refractivity contribution is 14.1. The largest absolute Gasteiger partial charge is 0.465 e. The summed E-state index contributed by atoms with van der Waals surface area (Å²) in [5, 5.41) is 10.7. The highest BCUT2D eigenvalue weighted by Crippen LogP contribution is 2.00. The van der Waals surface area contributed by atoms with Crippen LogP contribution in [0.5, 0.6) is 0 Å². The summed E-state index contributed by atoms with van der Waals surface area (Å²) < 4.78 is 0.907. The van der Waals surface area contributed by atoms with Gasteiger partial charge in [-0.15, -0.1) is 12.3 Å². The van der Waals surface area contributed by atoms with Crippen LogP contribution in [0.2, 0.25) is 0 Å². The fourth-order valence-corrected chi connectivity index (χ4v) is 1.43. The first-order chi connectivity index (χ1) is 5.20. The van der Waals surface area contributed by atoms with Gasteiger partial charge in [0.05, 0.1) is 0 Å². The number of alkyl halides is 1. The summed E-state index contributed by atoms with van der Waals surface area (Å²) >= 11 is 2.19. The van der Waals surface area contributed by atoms with Crippen molar-refractivity contribution in [1.29, 1.82) is 0 Å². The third-order valence-corrected chi connectivity index (χ3v) is 1.77. The molecule has 0 saturated heterocycles. The Hall–Kier alpha value is -0.440. The number of hydrogen-bond acceptors (Lipinski definition) is 1. The molecule has 0 saturated carbocycles. The summed E-state index contributed by atoms with van der Waals surface area (Å²) in [6, 6.07) is -0.0885. The summed E-state index contributed by atoms with van der Waals surface area (Å²) in [6.07, 6.45) is 5.30. The van der Waals surface area contributed by atoms with E-state index in [0.717, 1.165) is 10.8 Å². The second-order valence-electron chi connectivity index (χ2n) is 2.03. The molecule has 3 nitrogen and oxygen atoms in total. The maximum Gasteiger partial charge on any atom is 0.404 e. The Morgan fingerprint density at radius 1 is 1.82 bits per heavy atom. The summed E-state index contributed by atoms with van der Waals surface area (Å²) in [5.74, 6) is 2.43. The molecule has 0 aliphatic heterocycles. The Labute approximate surface area is 79.7 Å². The minimum absolute atomic E-state index is 0.0885. The van der Waals surface area contributed by atoms with E-state index in [1.807, 2.05) is 0 Å². The lowest BCUT2D eigenvalue weighted by molar-refractivity contribution is 0.190. The predicted molar refractivity (Wildman–Crippen MR) is 51.9 cm³/mol. The molecule has 0 aromatic carbocycles. The van der Waals surface area contributed by atoms with Crippen LogP contribution in [-0.4, -0.2) is 21.7 Å². The molecule has 0 bridgehead atoms. The zero-order valence-corrected chi connectivity index (χ0v) is 8.17. The van der Waals surface area contributed by atoms with Gasteiger partial charge in [-0.05, 0) is 6.42 Å². The van der Waals surface area contributed by atoms with Crippen molar-refractivity contribution in [3.63, 3.8) is 0 Å². The molecule has 0 heterocycles. The second-order valence-corrected chi connectivity index (χ2v) is 3.11. The molecule has 62 valence electrons. The Morgan fingerprint density at radius 3 is 2.82 bits per heavy atom. The molecule has 0 fully saturated rings. The second kappa shape index (κ2) is 6.28. The standard InChI is InChI=1S/C7H10INO2/c1-2-3-6(4-5-8)9-7(10)11/h1,6,9H,3-5H2,(H,10,11). The van der Waals surface area contributed by atoms with Gasteiger partial charge in [0.1, 0.15) is 0 Å². The van der Waals surface area contributed by atoms with Crippen LogP contribution in [0.1, 0.15) is 12.8 Å². The van der Waals surface area contributed by atoms with Crippen LogP contribution in [0.3, 0.4) is 0 Å². The fourth-order valence-electron chi connectivity index (χ4n) is 0.674. The molecule has 0 spiro atoms. The maximum absolute atomic E-state index is 10.2. The smallest absolute Gasteiger partial charge is 0.404 e. The number of carboxylic acid groups (broad SMARTS) is 1. The number of halogens is 1. The topological polar surface area (TPSA) is 49.3 Å². The number of terminal acetylenes is 1. The number of carbonyl (C=O) groups is 1. The monoisotopic (exact) mass is 267 g/mol.